The zero-order chi connectivity index (χ0) is 7.40. The molecule has 1 rings (SSSR count). The molecule has 54 valence electrons. The van der Waals surface area contributed by atoms with E-state index in [-0.39, 0.29) is 0 Å². The lowest BCUT2D eigenvalue weighted by Gasteiger charge is -1.92. The number of hydrogen-bond acceptors (Lipinski definition) is 2. The van der Waals surface area contributed by atoms with Crippen LogP contribution in [0.25, 0.3) is 0 Å². The minimum atomic E-state index is -0.936. The summed E-state index contributed by atoms with van der Waals surface area (Å²) in [6, 6.07) is 7.11. The maximum absolute atomic E-state index is 10.5. The molecule has 0 bridgehead atoms. The summed E-state index contributed by atoms with van der Waals surface area (Å²) < 4.78 is 20.9. The van der Waals surface area contributed by atoms with Crippen molar-refractivity contribution < 1.29 is 9.13 Å². The van der Waals surface area contributed by atoms with E-state index in [1.807, 2.05) is 0 Å². The minimum Gasteiger partial charge on any atom is -0.325 e. The van der Waals surface area contributed by atoms with Crippen molar-refractivity contribution in [2.75, 3.05) is 0 Å². The standard InChI is InChI=1S/C6H8O2P2/c7-9-5-3-1-2-4-6(5)10-8/h1-4H,9-10H2. The van der Waals surface area contributed by atoms with Crippen LogP contribution in [0.3, 0.4) is 0 Å². The molecule has 0 aliphatic rings. The quantitative estimate of drug-likeness (QED) is 0.610. The molecule has 1 aromatic carbocycles. The van der Waals surface area contributed by atoms with Crippen molar-refractivity contribution in [2.45, 2.75) is 0 Å². The van der Waals surface area contributed by atoms with Gasteiger partial charge in [-0.3, -0.25) is 0 Å². The summed E-state index contributed by atoms with van der Waals surface area (Å²) in [5, 5.41) is 1.49. The third-order valence-corrected chi connectivity index (χ3v) is 3.14. The van der Waals surface area contributed by atoms with Crippen LogP contribution in [0, 0.1) is 0 Å². The Hall–Kier alpha value is -0.320. The van der Waals surface area contributed by atoms with E-state index < -0.39 is 16.9 Å². The van der Waals surface area contributed by atoms with E-state index in [2.05, 4.69) is 0 Å². The van der Waals surface area contributed by atoms with Gasteiger partial charge in [0.2, 0.25) is 0 Å². The molecular formula is C6H8O2P2. The molecule has 0 N–H and O–H groups in total. The zero-order valence-corrected chi connectivity index (χ0v) is 7.59. The van der Waals surface area contributed by atoms with Gasteiger partial charge >= 0.3 is 0 Å². The van der Waals surface area contributed by atoms with Crippen LogP contribution < -0.4 is 10.6 Å². The van der Waals surface area contributed by atoms with Crippen molar-refractivity contribution in [1.29, 1.82) is 0 Å². The molecule has 0 amide bonds. The van der Waals surface area contributed by atoms with Gasteiger partial charge in [0.1, 0.15) is 0 Å². The molecule has 4 heteroatoms. The number of hydrogen-bond donors (Lipinski definition) is 0. The minimum absolute atomic E-state index is 0.743. The van der Waals surface area contributed by atoms with Crippen molar-refractivity contribution in [1.82, 2.24) is 0 Å². The summed E-state index contributed by atoms with van der Waals surface area (Å²) in [7, 11) is -1.87. The lowest BCUT2D eigenvalue weighted by molar-refractivity contribution is 0.601. The van der Waals surface area contributed by atoms with E-state index in [1.54, 1.807) is 24.3 Å². The second-order valence-electron chi connectivity index (χ2n) is 1.86. The first kappa shape index (κ1) is 7.78. The Kier molecular flexibility index (Phi) is 2.92. The third kappa shape index (κ3) is 1.59. The van der Waals surface area contributed by atoms with Crippen LogP contribution in [0.1, 0.15) is 0 Å². The van der Waals surface area contributed by atoms with Crippen LogP contribution in [-0.4, -0.2) is 0 Å². The van der Waals surface area contributed by atoms with Crippen molar-refractivity contribution in [3.8, 4) is 0 Å². The Morgan fingerprint density at radius 3 is 1.60 bits per heavy atom. The van der Waals surface area contributed by atoms with Gasteiger partial charge < -0.3 is 9.13 Å². The molecule has 1 aromatic rings. The molecule has 0 saturated carbocycles. The molecular weight excluding hydrogens is 166 g/mol. The molecule has 0 fully saturated rings. The van der Waals surface area contributed by atoms with E-state index in [0.29, 0.717) is 0 Å². The lowest BCUT2D eigenvalue weighted by Crippen LogP contribution is -2.10. The van der Waals surface area contributed by atoms with Gasteiger partial charge in [-0.25, -0.2) is 0 Å². The second kappa shape index (κ2) is 3.75. The van der Waals surface area contributed by atoms with Gasteiger partial charge in [0, 0.05) is 10.6 Å². The Labute approximate surface area is 61.7 Å². The molecule has 0 spiro atoms. The molecule has 0 radical (unpaired) electrons. The van der Waals surface area contributed by atoms with Crippen molar-refractivity contribution >= 4 is 27.5 Å². The van der Waals surface area contributed by atoms with Crippen LogP contribution in [0.2, 0.25) is 0 Å². The zero-order valence-electron chi connectivity index (χ0n) is 5.28. The van der Waals surface area contributed by atoms with E-state index in [4.69, 9.17) is 0 Å². The summed E-state index contributed by atoms with van der Waals surface area (Å²) >= 11 is 0. The normalized spacial score (nSPS) is 12.0. The SMILES string of the molecule is O=[PH2]c1ccccc1[PH2]=O. The van der Waals surface area contributed by atoms with Gasteiger partial charge in [-0.05, 0) is 0 Å². The summed E-state index contributed by atoms with van der Waals surface area (Å²) in [5.41, 5.74) is 0. The molecule has 0 aliphatic carbocycles. The van der Waals surface area contributed by atoms with E-state index in [0.717, 1.165) is 10.6 Å². The highest BCUT2D eigenvalue weighted by Gasteiger charge is 1.93. The molecule has 2 unspecified atom stereocenters. The van der Waals surface area contributed by atoms with Gasteiger partial charge in [-0.15, -0.1) is 0 Å². The Bertz CT molecular complexity index is 233. The average molecular weight is 174 g/mol. The van der Waals surface area contributed by atoms with Gasteiger partial charge in [0.25, 0.3) is 0 Å². The highest BCUT2D eigenvalue weighted by atomic mass is 31.1. The maximum atomic E-state index is 10.5. The molecule has 2 atom stereocenters. The van der Waals surface area contributed by atoms with Crippen molar-refractivity contribution in [3.63, 3.8) is 0 Å². The first-order chi connectivity index (χ1) is 4.88. The van der Waals surface area contributed by atoms with Gasteiger partial charge in [-0.1, -0.05) is 24.3 Å². The van der Waals surface area contributed by atoms with Crippen LogP contribution >= 0.6 is 16.9 Å². The number of benzene rings is 1. The van der Waals surface area contributed by atoms with Gasteiger partial charge in [0.15, 0.2) is 0 Å². The topological polar surface area (TPSA) is 34.1 Å². The Balaban J connectivity index is 3.20. The largest absolute Gasteiger partial charge is 0.325 e. The van der Waals surface area contributed by atoms with Gasteiger partial charge in [-0.2, -0.15) is 0 Å². The van der Waals surface area contributed by atoms with E-state index in [1.165, 1.54) is 0 Å². The smallest absolute Gasteiger partial charge is 0.0928 e. The highest BCUT2D eigenvalue weighted by molar-refractivity contribution is 7.42. The van der Waals surface area contributed by atoms with Crippen molar-refractivity contribution in [2.24, 2.45) is 0 Å². The predicted octanol–water partition coefficient (Wildman–Crippen LogP) is 0.450. The van der Waals surface area contributed by atoms with Crippen LogP contribution in [0.15, 0.2) is 24.3 Å². The summed E-state index contributed by atoms with van der Waals surface area (Å²) in [6.07, 6.45) is 0. The fourth-order valence-corrected chi connectivity index (χ4v) is 1.98. The Morgan fingerprint density at radius 2 is 1.30 bits per heavy atom. The summed E-state index contributed by atoms with van der Waals surface area (Å²) in [6.45, 7) is 0. The first-order valence-electron chi connectivity index (χ1n) is 2.88. The van der Waals surface area contributed by atoms with Crippen LogP contribution in [0.4, 0.5) is 0 Å². The third-order valence-electron chi connectivity index (χ3n) is 1.25. The first-order valence-corrected chi connectivity index (χ1v) is 4.97. The van der Waals surface area contributed by atoms with Crippen LogP contribution in [-0.2, 0) is 9.13 Å². The molecule has 0 saturated heterocycles. The van der Waals surface area contributed by atoms with Crippen molar-refractivity contribution in [3.05, 3.63) is 24.3 Å². The fraction of sp³-hybridized carbons (Fsp3) is 0. The average Bonchev–Trinajstić information content (AvgIpc) is 2.04. The molecule has 10 heavy (non-hydrogen) atoms. The monoisotopic (exact) mass is 174 g/mol. The maximum Gasteiger partial charge on any atom is 0.0928 e. The van der Waals surface area contributed by atoms with E-state index in [9.17, 15) is 9.13 Å². The van der Waals surface area contributed by atoms with Crippen LogP contribution in [0.5, 0.6) is 0 Å². The summed E-state index contributed by atoms with van der Waals surface area (Å²) in [5.74, 6) is 0. The highest BCUT2D eigenvalue weighted by Crippen LogP contribution is 1.99. The molecule has 0 aliphatic heterocycles. The van der Waals surface area contributed by atoms with E-state index >= 15 is 0 Å². The lowest BCUT2D eigenvalue weighted by atomic mass is 10.4. The second-order valence-corrected chi connectivity index (χ2v) is 3.58. The van der Waals surface area contributed by atoms with Gasteiger partial charge in [0.05, 0.1) is 16.9 Å². The fourth-order valence-electron chi connectivity index (χ4n) is 0.726. The molecule has 2 nitrogen and oxygen atoms in total. The Morgan fingerprint density at radius 1 is 0.900 bits per heavy atom. The summed E-state index contributed by atoms with van der Waals surface area (Å²) in [4.78, 5) is 0. The predicted molar refractivity (Wildman–Crippen MR) is 46.5 cm³/mol. The molecule has 0 heterocycles. The molecule has 0 aromatic heterocycles. The number of rotatable bonds is 2.